The maximum Gasteiger partial charge on any atom is 0.269 e. The predicted molar refractivity (Wildman–Crippen MR) is 144 cm³/mol. The smallest absolute Gasteiger partial charge is 0.269 e. The second-order valence-corrected chi connectivity index (χ2v) is 10.7. The second kappa shape index (κ2) is 11.6. The number of nitro groups is 1. The number of benzene rings is 2. The molecule has 1 amide bonds. The van der Waals surface area contributed by atoms with E-state index in [9.17, 15) is 19.7 Å². The molecule has 1 saturated heterocycles. The molecule has 3 rings (SSSR count). The molecule has 0 saturated carbocycles. The summed E-state index contributed by atoms with van der Waals surface area (Å²) in [4.78, 5) is 38.3. The van der Waals surface area contributed by atoms with Crippen LogP contribution in [0.4, 0.5) is 5.69 Å². The normalized spacial score (nSPS) is 18.0. The van der Waals surface area contributed by atoms with Gasteiger partial charge in [-0.2, -0.15) is 0 Å². The van der Waals surface area contributed by atoms with Gasteiger partial charge in [-0.1, -0.05) is 50.9 Å². The topological polar surface area (TPSA) is 99.0 Å². The van der Waals surface area contributed by atoms with Gasteiger partial charge < -0.3 is 9.47 Å². The van der Waals surface area contributed by atoms with Crippen molar-refractivity contribution in [2.24, 2.45) is 11.3 Å². The molecule has 37 heavy (non-hydrogen) atoms. The van der Waals surface area contributed by atoms with Crippen LogP contribution in [0.5, 0.6) is 5.75 Å². The first-order valence-corrected chi connectivity index (χ1v) is 12.7. The zero-order valence-corrected chi connectivity index (χ0v) is 23.0. The van der Waals surface area contributed by atoms with Crippen LogP contribution in [0.1, 0.15) is 39.7 Å². The Morgan fingerprint density at radius 3 is 2.22 bits per heavy atom. The maximum atomic E-state index is 13.6. The molecule has 0 spiro atoms. The number of alkyl halides is 1. The maximum absolute atomic E-state index is 13.6. The summed E-state index contributed by atoms with van der Waals surface area (Å²) in [6.45, 7) is 6.91. The first-order chi connectivity index (χ1) is 17.3. The number of allylic oxidation sites excluding steroid dienone is 1. The number of nitrogens with zero attached hydrogens (tertiary/aromatic N) is 2. The lowest BCUT2D eigenvalue weighted by molar-refractivity contribution is -0.384. The summed E-state index contributed by atoms with van der Waals surface area (Å²) in [6, 6.07) is 12.1. The second-order valence-electron chi connectivity index (χ2n) is 9.41. The van der Waals surface area contributed by atoms with Gasteiger partial charge in [0, 0.05) is 22.6 Å². The van der Waals surface area contributed by atoms with Gasteiger partial charge in [0.15, 0.2) is 5.76 Å². The van der Waals surface area contributed by atoms with E-state index in [1.807, 2.05) is 6.92 Å². The minimum atomic E-state index is -0.902. The number of rotatable bonds is 9. The van der Waals surface area contributed by atoms with Crippen molar-refractivity contribution in [2.45, 2.75) is 46.2 Å². The van der Waals surface area contributed by atoms with Gasteiger partial charge in [-0.25, -0.2) is 0 Å². The van der Waals surface area contributed by atoms with Crippen LogP contribution < -0.4 is 4.74 Å². The summed E-state index contributed by atoms with van der Waals surface area (Å²) in [7, 11) is 0. The molecular weight excluding hydrogens is 539 g/mol. The van der Waals surface area contributed by atoms with Gasteiger partial charge in [-0.3, -0.25) is 24.6 Å². The van der Waals surface area contributed by atoms with Crippen molar-refractivity contribution in [1.82, 2.24) is 4.90 Å². The van der Waals surface area contributed by atoms with Crippen LogP contribution in [0, 0.1) is 21.4 Å². The molecular formula is C26H26Cl2N2O6S. The number of nitro benzene ring substituents is 1. The van der Waals surface area contributed by atoms with E-state index in [4.69, 9.17) is 44.9 Å². The van der Waals surface area contributed by atoms with E-state index in [1.54, 1.807) is 45.0 Å². The summed E-state index contributed by atoms with van der Waals surface area (Å²) in [5.74, 6) is -1.06. The van der Waals surface area contributed by atoms with Crippen LogP contribution in [0.15, 0.2) is 60.0 Å². The molecule has 11 heteroatoms. The standard InChI is InChI=1S/C26H26Cl2N2O6S/c1-5-19-23(28)29(24(19)32)20(25(37)35-14-15-6-10-17(11-7-15)30(33)34)21(22(31)26(2,3)4)36-18-12-8-16(27)9-13-18/h6-13,19,23H,5,14H2,1-4H3. The molecule has 8 nitrogen and oxygen atoms in total. The predicted octanol–water partition coefficient (Wildman–Crippen LogP) is 6.43. The van der Waals surface area contributed by atoms with Gasteiger partial charge in [0.2, 0.25) is 16.7 Å². The van der Waals surface area contributed by atoms with E-state index in [1.165, 1.54) is 29.2 Å². The Hall–Kier alpha value is -3.01. The molecule has 2 aromatic rings. The number of ether oxygens (including phenoxy) is 2. The van der Waals surface area contributed by atoms with Crippen molar-refractivity contribution in [3.05, 3.63) is 80.7 Å². The molecule has 196 valence electrons. The number of Topliss-reactive ketones (excluding diaryl/α,β-unsaturated/α-hetero) is 1. The van der Waals surface area contributed by atoms with E-state index in [-0.39, 0.29) is 34.7 Å². The molecule has 1 aliphatic heterocycles. The molecule has 0 aliphatic carbocycles. The van der Waals surface area contributed by atoms with E-state index in [2.05, 4.69) is 0 Å². The van der Waals surface area contributed by atoms with Crippen molar-refractivity contribution < 1.29 is 24.0 Å². The lowest BCUT2D eigenvalue weighted by atomic mass is 9.87. The number of thiocarbonyl (C=S) groups is 1. The van der Waals surface area contributed by atoms with Crippen molar-refractivity contribution in [1.29, 1.82) is 0 Å². The highest BCUT2D eigenvalue weighted by Crippen LogP contribution is 2.39. The third-order valence-corrected chi connectivity index (χ3v) is 6.72. The van der Waals surface area contributed by atoms with Crippen molar-refractivity contribution in [3.63, 3.8) is 0 Å². The Morgan fingerprint density at radius 1 is 1.14 bits per heavy atom. The fraction of sp³-hybridized carbons (Fsp3) is 0.346. The summed E-state index contributed by atoms with van der Waals surface area (Å²) in [5.41, 5.74) is -1.17. The first-order valence-electron chi connectivity index (χ1n) is 11.4. The third kappa shape index (κ3) is 6.47. The van der Waals surface area contributed by atoms with E-state index >= 15 is 0 Å². The Morgan fingerprint density at radius 2 is 1.73 bits per heavy atom. The van der Waals surface area contributed by atoms with Gasteiger partial charge >= 0.3 is 0 Å². The summed E-state index contributed by atoms with van der Waals surface area (Å²) in [6.07, 6.45) is 0.508. The van der Waals surface area contributed by atoms with Crippen LogP contribution in [0.3, 0.4) is 0 Å². The zero-order valence-electron chi connectivity index (χ0n) is 20.7. The number of carbonyl (C=O) groups is 2. The van der Waals surface area contributed by atoms with E-state index in [0.29, 0.717) is 22.8 Å². The fourth-order valence-electron chi connectivity index (χ4n) is 3.51. The molecule has 2 unspecified atom stereocenters. The average Bonchev–Trinajstić information content (AvgIpc) is 2.85. The summed E-state index contributed by atoms with van der Waals surface area (Å²) < 4.78 is 11.8. The molecule has 2 aromatic carbocycles. The number of hydrogen-bond donors (Lipinski definition) is 0. The largest absolute Gasteiger partial charge is 0.477 e. The quantitative estimate of drug-likeness (QED) is 0.0505. The first kappa shape index (κ1) is 28.6. The van der Waals surface area contributed by atoms with Gasteiger partial charge in [-0.15, -0.1) is 0 Å². The molecule has 0 aromatic heterocycles. The summed E-state index contributed by atoms with van der Waals surface area (Å²) >= 11 is 18.1. The number of likely N-dealkylation sites (tertiary alicyclic amines) is 1. The highest BCUT2D eigenvalue weighted by molar-refractivity contribution is 7.80. The zero-order chi connectivity index (χ0) is 27.5. The molecule has 1 aliphatic rings. The highest BCUT2D eigenvalue weighted by Gasteiger charge is 2.50. The Kier molecular flexibility index (Phi) is 8.94. The Bertz CT molecular complexity index is 1240. The van der Waals surface area contributed by atoms with Crippen molar-refractivity contribution in [2.75, 3.05) is 0 Å². The average molecular weight is 565 g/mol. The third-order valence-electron chi connectivity index (χ3n) is 5.66. The number of non-ortho nitro benzene ring substituents is 1. The van der Waals surface area contributed by atoms with E-state index in [0.717, 1.165) is 0 Å². The molecule has 0 N–H and O–H groups in total. The number of ketones is 1. The SMILES string of the molecule is CCC1C(=O)N(C(C(=S)OCc2ccc([N+](=O)[O-])cc2)=C(Oc2ccc(Cl)cc2)C(=O)C(C)(C)C)C1Cl. The number of hydrogen-bond acceptors (Lipinski definition) is 7. The van der Waals surface area contributed by atoms with Crippen LogP contribution >= 0.6 is 35.4 Å². The molecule has 0 bridgehead atoms. The molecule has 1 heterocycles. The monoisotopic (exact) mass is 564 g/mol. The summed E-state index contributed by atoms with van der Waals surface area (Å²) in [5, 5.41) is 11.2. The van der Waals surface area contributed by atoms with Crippen molar-refractivity contribution in [3.8, 4) is 5.75 Å². The fourth-order valence-corrected chi connectivity index (χ4v) is 4.37. The van der Waals surface area contributed by atoms with Crippen LogP contribution in [0.2, 0.25) is 5.02 Å². The molecule has 1 fully saturated rings. The van der Waals surface area contributed by atoms with Gasteiger partial charge in [-0.05, 0) is 60.6 Å². The lowest BCUT2D eigenvalue weighted by Crippen LogP contribution is -2.59. The van der Waals surface area contributed by atoms with Crippen LogP contribution in [0.25, 0.3) is 0 Å². The lowest BCUT2D eigenvalue weighted by Gasteiger charge is -2.44. The Labute approximate surface area is 230 Å². The van der Waals surface area contributed by atoms with Crippen LogP contribution in [-0.2, 0) is 20.9 Å². The Balaban J connectivity index is 2.05. The van der Waals surface area contributed by atoms with Gasteiger partial charge in [0.1, 0.15) is 23.6 Å². The molecule has 2 atom stereocenters. The number of amides is 1. The minimum Gasteiger partial charge on any atom is -0.477 e. The van der Waals surface area contributed by atoms with Gasteiger partial charge in [0.05, 0.1) is 10.8 Å². The number of β-lactam (4-membered cyclic amide) rings is 1. The minimum absolute atomic E-state index is 0.0403. The number of halogens is 2. The van der Waals surface area contributed by atoms with Crippen LogP contribution in [-0.4, -0.2) is 32.1 Å². The van der Waals surface area contributed by atoms with Gasteiger partial charge in [0.25, 0.3) is 5.69 Å². The molecule has 0 radical (unpaired) electrons. The highest BCUT2D eigenvalue weighted by atomic mass is 35.5. The van der Waals surface area contributed by atoms with E-state index < -0.39 is 27.5 Å². The van der Waals surface area contributed by atoms with Crippen molar-refractivity contribution >= 4 is 57.8 Å². The number of carbonyl (C=O) groups excluding carboxylic acids is 2.